The lowest BCUT2D eigenvalue weighted by Crippen LogP contribution is -2.15. The van der Waals surface area contributed by atoms with E-state index in [0.717, 1.165) is 5.39 Å². The van der Waals surface area contributed by atoms with E-state index < -0.39 is 23.7 Å². The maximum absolute atomic E-state index is 12.9. The second kappa shape index (κ2) is 5.47. The van der Waals surface area contributed by atoms with Crippen molar-refractivity contribution in [3.05, 3.63) is 59.9 Å². The maximum atomic E-state index is 12.9. The highest BCUT2D eigenvalue weighted by atomic mass is 19.4. The van der Waals surface area contributed by atoms with E-state index in [0.29, 0.717) is 17.6 Å². The highest BCUT2D eigenvalue weighted by Crippen LogP contribution is 2.36. The lowest BCUT2D eigenvalue weighted by atomic mass is 10.1. The van der Waals surface area contributed by atoms with Crippen molar-refractivity contribution < 1.29 is 26.3 Å². The Balaban J connectivity index is 2.21. The van der Waals surface area contributed by atoms with Gasteiger partial charge in [-0.2, -0.15) is 26.3 Å². The van der Waals surface area contributed by atoms with Crippen molar-refractivity contribution in [3.63, 3.8) is 0 Å². The highest BCUT2D eigenvalue weighted by Gasteiger charge is 2.39. The molecule has 1 aromatic carbocycles. The Morgan fingerprint density at radius 3 is 1.83 bits per heavy atom. The number of hydrogen-bond acceptors (Lipinski definition) is 2. The van der Waals surface area contributed by atoms with Crippen molar-refractivity contribution in [1.82, 2.24) is 9.97 Å². The number of halogens is 6. The van der Waals surface area contributed by atoms with Crippen LogP contribution >= 0.6 is 0 Å². The van der Waals surface area contributed by atoms with Crippen LogP contribution in [0.2, 0.25) is 0 Å². The first kappa shape index (κ1) is 16.2. The van der Waals surface area contributed by atoms with E-state index in [1.807, 2.05) is 0 Å². The second-order valence-electron chi connectivity index (χ2n) is 5.01. The van der Waals surface area contributed by atoms with E-state index in [-0.39, 0.29) is 11.3 Å². The smallest absolute Gasteiger partial charge is 0.248 e. The molecule has 0 unspecified atom stereocenters. The van der Waals surface area contributed by atoms with Crippen LogP contribution in [0.4, 0.5) is 26.3 Å². The van der Waals surface area contributed by atoms with Gasteiger partial charge in [0.05, 0.1) is 11.2 Å². The molecule has 124 valence electrons. The van der Waals surface area contributed by atoms with Crippen LogP contribution in [0.15, 0.2) is 48.5 Å². The largest absolute Gasteiger partial charge is 0.433 e. The van der Waals surface area contributed by atoms with Gasteiger partial charge in [0.15, 0.2) is 0 Å². The molecule has 0 fully saturated rings. The van der Waals surface area contributed by atoms with Crippen LogP contribution in [-0.2, 0) is 12.4 Å². The molecule has 2 nitrogen and oxygen atoms in total. The van der Waals surface area contributed by atoms with E-state index in [1.54, 1.807) is 30.3 Å². The van der Waals surface area contributed by atoms with Gasteiger partial charge in [0, 0.05) is 10.9 Å². The summed E-state index contributed by atoms with van der Waals surface area (Å²) in [5.41, 5.74) is -3.04. The van der Waals surface area contributed by atoms with Crippen LogP contribution in [0.25, 0.3) is 22.2 Å². The number of hydrogen-bond donors (Lipinski definition) is 0. The summed E-state index contributed by atoms with van der Waals surface area (Å²) in [6.07, 6.45) is -9.99. The fourth-order valence-electron chi connectivity index (χ4n) is 2.20. The van der Waals surface area contributed by atoms with E-state index in [1.165, 1.54) is 6.07 Å². The molecule has 0 aliphatic rings. The summed E-state index contributed by atoms with van der Waals surface area (Å²) in [4.78, 5) is 6.82. The van der Waals surface area contributed by atoms with Crippen LogP contribution < -0.4 is 0 Å². The standard InChI is InChI=1S/C16H8F6N2/c17-15(18,19)13-7-10(8-14(24-13)16(20,21)22)12-6-5-9-3-1-2-4-11(9)23-12/h1-8H. The number of pyridine rings is 2. The van der Waals surface area contributed by atoms with E-state index in [4.69, 9.17) is 0 Å². The number of nitrogens with zero attached hydrogens (tertiary/aromatic N) is 2. The summed E-state index contributed by atoms with van der Waals surface area (Å²) in [5.74, 6) is 0. The van der Waals surface area contributed by atoms with Gasteiger partial charge >= 0.3 is 12.4 Å². The Hall–Kier alpha value is -2.64. The number of alkyl halides is 6. The van der Waals surface area contributed by atoms with E-state index in [2.05, 4.69) is 9.97 Å². The normalized spacial score (nSPS) is 12.6. The predicted octanol–water partition coefficient (Wildman–Crippen LogP) is 5.33. The molecule has 2 aromatic heterocycles. The third kappa shape index (κ3) is 3.17. The fourth-order valence-corrected chi connectivity index (χ4v) is 2.20. The fraction of sp³-hybridized carbons (Fsp3) is 0.125. The van der Waals surface area contributed by atoms with Crippen LogP contribution in [0, 0.1) is 0 Å². The molecular weight excluding hydrogens is 334 g/mol. The molecule has 0 saturated heterocycles. The van der Waals surface area contributed by atoms with Crippen molar-refractivity contribution in [1.29, 1.82) is 0 Å². The molecule has 0 saturated carbocycles. The summed E-state index contributed by atoms with van der Waals surface area (Å²) in [5, 5.41) is 0.724. The Labute approximate surface area is 131 Å². The minimum Gasteiger partial charge on any atom is -0.248 e. The average Bonchev–Trinajstić information content (AvgIpc) is 2.52. The van der Waals surface area contributed by atoms with Gasteiger partial charge in [-0.15, -0.1) is 0 Å². The SMILES string of the molecule is FC(F)(F)c1cc(-c2ccc3ccccc3n2)cc(C(F)(F)F)n1. The zero-order chi connectivity index (χ0) is 17.5. The molecule has 8 heteroatoms. The topological polar surface area (TPSA) is 25.8 Å². The molecule has 24 heavy (non-hydrogen) atoms. The Morgan fingerprint density at radius 2 is 1.25 bits per heavy atom. The molecule has 0 bridgehead atoms. The van der Waals surface area contributed by atoms with Crippen LogP contribution in [0.5, 0.6) is 0 Å². The van der Waals surface area contributed by atoms with Crippen LogP contribution in [0.3, 0.4) is 0 Å². The number of aromatic nitrogens is 2. The summed E-state index contributed by atoms with van der Waals surface area (Å²) in [6.45, 7) is 0. The third-order valence-electron chi connectivity index (χ3n) is 3.30. The summed E-state index contributed by atoms with van der Waals surface area (Å²) < 4.78 is 77.1. The van der Waals surface area contributed by atoms with Gasteiger partial charge in [-0.25, -0.2) is 9.97 Å². The van der Waals surface area contributed by atoms with Crippen LogP contribution in [0.1, 0.15) is 11.4 Å². The molecule has 3 rings (SSSR count). The number of rotatable bonds is 1. The molecule has 0 radical (unpaired) electrons. The van der Waals surface area contributed by atoms with Gasteiger partial charge in [0.1, 0.15) is 11.4 Å². The van der Waals surface area contributed by atoms with Gasteiger partial charge < -0.3 is 0 Å². The van der Waals surface area contributed by atoms with Gasteiger partial charge in [-0.05, 0) is 24.3 Å². The Kier molecular flexibility index (Phi) is 3.70. The molecule has 2 heterocycles. The molecule has 0 N–H and O–H groups in total. The van der Waals surface area contributed by atoms with Crippen molar-refractivity contribution in [2.75, 3.05) is 0 Å². The molecule has 3 aromatic rings. The van der Waals surface area contributed by atoms with Crippen molar-refractivity contribution in [3.8, 4) is 11.3 Å². The Morgan fingerprint density at radius 1 is 0.667 bits per heavy atom. The quantitative estimate of drug-likeness (QED) is 0.558. The lowest BCUT2D eigenvalue weighted by Gasteiger charge is -2.13. The first-order valence-corrected chi connectivity index (χ1v) is 6.67. The van der Waals surface area contributed by atoms with Crippen molar-refractivity contribution in [2.45, 2.75) is 12.4 Å². The molecular formula is C16H8F6N2. The maximum Gasteiger partial charge on any atom is 0.433 e. The number of fused-ring (bicyclic) bond motifs is 1. The van der Waals surface area contributed by atoms with E-state index in [9.17, 15) is 26.3 Å². The molecule has 0 aliphatic carbocycles. The third-order valence-corrected chi connectivity index (χ3v) is 3.30. The number of para-hydroxylation sites is 1. The molecule has 0 amide bonds. The summed E-state index contributed by atoms with van der Waals surface area (Å²) in [7, 11) is 0. The minimum absolute atomic E-state index is 0.00657. The molecule has 0 aliphatic heterocycles. The predicted molar refractivity (Wildman–Crippen MR) is 75.0 cm³/mol. The van der Waals surface area contributed by atoms with Gasteiger partial charge in [-0.1, -0.05) is 24.3 Å². The van der Waals surface area contributed by atoms with Gasteiger partial charge in [0.25, 0.3) is 0 Å². The van der Waals surface area contributed by atoms with Gasteiger partial charge in [0.2, 0.25) is 0 Å². The molecule has 0 spiro atoms. The zero-order valence-electron chi connectivity index (χ0n) is 11.8. The zero-order valence-corrected chi connectivity index (χ0v) is 11.8. The second-order valence-corrected chi connectivity index (χ2v) is 5.01. The van der Waals surface area contributed by atoms with Crippen molar-refractivity contribution >= 4 is 10.9 Å². The molecule has 0 atom stereocenters. The Bertz CT molecular complexity index is 867. The summed E-state index contributed by atoms with van der Waals surface area (Å²) in [6, 6.07) is 10.9. The lowest BCUT2D eigenvalue weighted by molar-refractivity contribution is -0.150. The van der Waals surface area contributed by atoms with Gasteiger partial charge in [-0.3, -0.25) is 0 Å². The number of benzene rings is 1. The minimum atomic E-state index is -4.99. The first-order chi connectivity index (χ1) is 11.1. The average molecular weight is 342 g/mol. The van der Waals surface area contributed by atoms with E-state index >= 15 is 0 Å². The monoisotopic (exact) mass is 342 g/mol. The first-order valence-electron chi connectivity index (χ1n) is 6.67. The summed E-state index contributed by atoms with van der Waals surface area (Å²) >= 11 is 0. The highest BCUT2D eigenvalue weighted by molar-refractivity contribution is 5.81. The van der Waals surface area contributed by atoms with Crippen molar-refractivity contribution in [2.24, 2.45) is 0 Å². The van der Waals surface area contributed by atoms with Crippen LogP contribution in [-0.4, -0.2) is 9.97 Å².